The minimum absolute atomic E-state index is 0.0942. The summed E-state index contributed by atoms with van der Waals surface area (Å²) in [5, 5.41) is 3.10. The number of Topliss-reactive ketones (excluding diaryl/α,β-unsaturated/α-hetero) is 1. The summed E-state index contributed by atoms with van der Waals surface area (Å²) in [7, 11) is -3.62. The van der Waals surface area contributed by atoms with Crippen LogP contribution in [0.25, 0.3) is 0 Å². The largest absolute Gasteiger partial charge is 0.302 e. The van der Waals surface area contributed by atoms with E-state index >= 15 is 0 Å². The number of carbonyl (C=O) groups excluding carboxylic acids is 2. The highest BCUT2D eigenvalue weighted by molar-refractivity contribution is 7.89. The number of hydrogen-bond donors (Lipinski definition) is 1. The Bertz CT molecular complexity index is 954. The molecule has 3 rings (SSSR count). The van der Waals surface area contributed by atoms with Crippen LogP contribution in [0.5, 0.6) is 0 Å². The van der Waals surface area contributed by atoms with Crippen molar-refractivity contribution in [3.63, 3.8) is 0 Å². The Morgan fingerprint density at radius 1 is 1.26 bits per heavy atom. The van der Waals surface area contributed by atoms with Crippen molar-refractivity contribution in [2.24, 2.45) is 5.92 Å². The van der Waals surface area contributed by atoms with Gasteiger partial charge in [0.25, 0.3) is 0 Å². The van der Waals surface area contributed by atoms with Gasteiger partial charge in [0.05, 0.1) is 21.4 Å². The van der Waals surface area contributed by atoms with Gasteiger partial charge in [-0.3, -0.25) is 9.59 Å². The van der Waals surface area contributed by atoms with Crippen molar-refractivity contribution < 1.29 is 18.0 Å². The minimum atomic E-state index is -3.62. The summed E-state index contributed by atoms with van der Waals surface area (Å²) in [4.78, 5) is 29.1. The smallest absolute Gasteiger partial charge is 0.243 e. The molecule has 1 unspecified atom stereocenters. The molecule has 1 atom stereocenters. The van der Waals surface area contributed by atoms with E-state index in [9.17, 15) is 18.0 Å². The predicted molar refractivity (Wildman–Crippen MR) is 103 cm³/mol. The first-order chi connectivity index (χ1) is 12.8. The van der Waals surface area contributed by atoms with Gasteiger partial charge in [-0.2, -0.15) is 4.31 Å². The maximum atomic E-state index is 12.8. The number of nitrogens with zero attached hydrogens (tertiary/aromatic N) is 2. The fourth-order valence-electron chi connectivity index (χ4n) is 3.10. The first kappa shape index (κ1) is 19.7. The highest BCUT2D eigenvalue weighted by Crippen LogP contribution is 2.27. The Balaban J connectivity index is 1.71. The van der Waals surface area contributed by atoms with Gasteiger partial charge < -0.3 is 5.32 Å². The van der Waals surface area contributed by atoms with Crippen LogP contribution in [0.3, 0.4) is 0 Å². The van der Waals surface area contributed by atoms with Crippen LogP contribution in [0.15, 0.2) is 35.2 Å². The number of anilines is 1. The number of nitrogens with one attached hydrogen (secondary N) is 1. The quantitative estimate of drug-likeness (QED) is 0.769. The molecule has 0 aliphatic carbocycles. The molecule has 144 valence electrons. The fraction of sp³-hybridized carbons (Fsp3) is 0.389. The summed E-state index contributed by atoms with van der Waals surface area (Å²) in [5.74, 6) is -0.822. The molecule has 9 heteroatoms. The van der Waals surface area contributed by atoms with Crippen molar-refractivity contribution in [2.75, 3.05) is 18.4 Å². The molecule has 1 aromatic carbocycles. The molecule has 0 bridgehead atoms. The zero-order valence-electron chi connectivity index (χ0n) is 15.1. The van der Waals surface area contributed by atoms with Crippen LogP contribution in [0, 0.1) is 12.8 Å². The molecule has 7 nitrogen and oxygen atoms in total. The summed E-state index contributed by atoms with van der Waals surface area (Å²) in [5.41, 5.74) is 0.583. The molecule has 1 amide bonds. The number of carbonyl (C=O) groups is 2. The fourth-order valence-corrected chi connectivity index (χ4v) is 5.51. The van der Waals surface area contributed by atoms with E-state index in [-0.39, 0.29) is 23.1 Å². The molecule has 2 aromatic rings. The van der Waals surface area contributed by atoms with Crippen molar-refractivity contribution in [3.05, 3.63) is 40.9 Å². The monoisotopic (exact) mass is 407 g/mol. The van der Waals surface area contributed by atoms with E-state index in [1.165, 1.54) is 11.2 Å². The number of ketones is 1. The average molecular weight is 408 g/mol. The molecule has 0 spiro atoms. The van der Waals surface area contributed by atoms with E-state index in [4.69, 9.17) is 0 Å². The minimum Gasteiger partial charge on any atom is -0.302 e. The van der Waals surface area contributed by atoms with Gasteiger partial charge >= 0.3 is 0 Å². The van der Waals surface area contributed by atoms with E-state index in [1.54, 1.807) is 37.3 Å². The lowest BCUT2D eigenvalue weighted by molar-refractivity contribution is -0.120. The number of aromatic nitrogens is 1. The van der Waals surface area contributed by atoms with E-state index in [2.05, 4.69) is 10.3 Å². The van der Waals surface area contributed by atoms with Crippen molar-refractivity contribution >= 4 is 38.2 Å². The van der Waals surface area contributed by atoms with Gasteiger partial charge in [-0.05, 0) is 31.9 Å². The topological polar surface area (TPSA) is 96.4 Å². The Morgan fingerprint density at radius 2 is 1.96 bits per heavy atom. The summed E-state index contributed by atoms with van der Waals surface area (Å²) < 4.78 is 26.9. The third-order valence-corrected chi connectivity index (χ3v) is 7.54. The number of sulfonamides is 1. The van der Waals surface area contributed by atoms with Gasteiger partial charge in [-0.1, -0.05) is 29.5 Å². The van der Waals surface area contributed by atoms with Crippen LogP contribution in [-0.2, 0) is 14.8 Å². The first-order valence-corrected chi connectivity index (χ1v) is 10.9. The molecule has 27 heavy (non-hydrogen) atoms. The van der Waals surface area contributed by atoms with E-state index in [1.807, 2.05) is 0 Å². The van der Waals surface area contributed by atoms with Crippen LogP contribution in [0.1, 0.15) is 35.1 Å². The Labute approximate surface area is 162 Å². The molecular weight excluding hydrogens is 386 g/mol. The first-order valence-electron chi connectivity index (χ1n) is 8.63. The third-order valence-electron chi connectivity index (χ3n) is 4.48. The van der Waals surface area contributed by atoms with E-state index in [0.29, 0.717) is 35.1 Å². The van der Waals surface area contributed by atoms with E-state index in [0.717, 1.165) is 11.3 Å². The predicted octanol–water partition coefficient (Wildman–Crippen LogP) is 2.69. The second-order valence-corrected chi connectivity index (χ2v) is 9.43. The molecule has 2 heterocycles. The lowest BCUT2D eigenvalue weighted by atomic mass is 9.99. The molecule has 1 fully saturated rings. The maximum absolute atomic E-state index is 12.8. The second kappa shape index (κ2) is 7.87. The number of aryl methyl sites for hydroxylation is 1. The molecule has 1 N–H and O–H groups in total. The second-order valence-electron chi connectivity index (χ2n) is 6.49. The molecule has 0 saturated carbocycles. The van der Waals surface area contributed by atoms with Gasteiger partial charge in [-0.25, -0.2) is 13.4 Å². The van der Waals surface area contributed by atoms with Crippen LogP contribution >= 0.6 is 11.3 Å². The molecule has 1 aliphatic heterocycles. The summed E-state index contributed by atoms with van der Waals surface area (Å²) in [6, 6.07) is 8.23. The molecular formula is C18H21N3O4S2. The SMILES string of the molecule is CC(=O)c1sc(NC(=O)C2CCCN(S(=O)(=O)c3ccccc3)C2)nc1C. The zero-order valence-corrected chi connectivity index (χ0v) is 16.8. The number of piperidine rings is 1. The van der Waals surface area contributed by atoms with Crippen molar-refractivity contribution in [2.45, 2.75) is 31.6 Å². The van der Waals surface area contributed by atoms with Gasteiger partial charge in [0.2, 0.25) is 15.9 Å². The van der Waals surface area contributed by atoms with Crippen molar-refractivity contribution in [1.29, 1.82) is 0 Å². The number of rotatable bonds is 5. The lowest BCUT2D eigenvalue weighted by Gasteiger charge is -2.31. The highest BCUT2D eigenvalue weighted by Gasteiger charge is 2.33. The van der Waals surface area contributed by atoms with Gasteiger partial charge in [0, 0.05) is 20.0 Å². The lowest BCUT2D eigenvalue weighted by Crippen LogP contribution is -2.43. The van der Waals surface area contributed by atoms with Crippen molar-refractivity contribution in [3.8, 4) is 0 Å². The average Bonchev–Trinajstić information content (AvgIpc) is 3.03. The van der Waals surface area contributed by atoms with Crippen LogP contribution < -0.4 is 5.32 Å². The highest BCUT2D eigenvalue weighted by atomic mass is 32.2. The van der Waals surface area contributed by atoms with Crippen LogP contribution in [0.4, 0.5) is 5.13 Å². The standard InChI is InChI=1S/C18H21N3O4S2/c1-12-16(13(2)22)26-18(19-12)20-17(23)14-7-6-10-21(11-14)27(24,25)15-8-4-3-5-9-15/h3-5,8-9,14H,6-7,10-11H2,1-2H3,(H,19,20,23). The molecule has 0 radical (unpaired) electrons. The Kier molecular flexibility index (Phi) is 5.73. The van der Waals surface area contributed by atoms with Gasteiger partial charge in [-0.15, -0.1) is 0 Å². The van der Waals surface area contributed by atoms with Crippen LogP contribution in [0.2, 0.25) is 0 Å². The Hall–Kier alpha value is -2.10. The van der Waals surface area contributed by atoms with Gasteiger partial charge in [0.1, 0.15) is 0 Å². The van der Waals surface area contributed by atoms with Crippen LogP contribution in [-0.4, -0.2) is 42.5 Å². The third kappa shape index (κ3) is 4.26. The van der Waals surface area contributed by atoms with Gasteiger partial charge in [0.15, 0.2) is 10.9 Å². The summed E-state index contributed by atoms with van der Waals surface area (Å²) in [6.45, 7) is 3.70. The summed E-state index contributed by atoms with van der Waals surface area (Å²) >= 11 is 1.14. The number of amides is 1. The number of thiazole rings is 1. The number of hydrogen-bond acceptors (Lipinski definition) is 6. The maximum Gasteiger partial charge on any atom is 0.243 e. The summed E-state index contributed by atoms with van der Waals surface area (Å²) in [6.07, 6.45) is 1.22. The number of benzene rings is 1. The van der Waals surface area contributed by atoms with E-state index < -0.39 is 15.9 Å². The normalized spacial score (nSPS) is 18.2. The molecule has 1 aromatic heterocycles. The Morgan fingerprint density at radius 3 is 2.59 bits per heavy atom. The molecule has 1 saturated heterocycles. The van der Waals surface area contributed by atoms with Crippen molar-refractivity contribution in [1.82, 2.24) is 9.29 Å². The molecule has 1 aliphatic rings. The zero-order chi connectivity index (χ0) is 19.6.